The van der Waals surface area contributed by atoms with Gasteiger partial charge in [0, 0.05) is 37.8 Å². The van der Waals surface area contributed by atoms with E-state index in [-0.39, 0.29) is 23.3 Å². The zero-order valence-electron chi connectivity index (χ0n) is 31.2. The molecule has 0 radical (unpaired) electrons. The van der Waals surface area contributed by atoms with Crippen LogP contribution in [0.25, 0.3) is 17.2 Å². The van der Waals surface area contributed by atoms with Gasteiger partial charge in [-0.25, -0.2) is 13.6 Å². The molecule has 0 unspecified atom stereocenters. The van der Waals surface area contributed by atoms with E-state index in [1.54, 1.807) is 30.2 Å². The number of methoxy groups -OCH3 is 1. The number of ether oxygens (including phenoxy) is 1. The first kappa shape index (κ1) is 38.9. The number of hydrogen-bond acceptors (Lipinski definition) is 6. The van der Waals surface area contributed by atoms with Gasteiger partial charge >= 0.3 is 0 Å². The zero-order valence-corrected chi connectivity index (χ0v) is 32.0. The highest BCUT2D eigenvalue weighted by Gasteiger charge is 2.24. The summed E-state index contributed by atoms with van der Waals surface area (Å²) in [6, 6.07) is 29.5. The van der Waals surface area contributed by atoms with E-state index in [2.05, 4.69) is 11.4 Å². The van der Waals surface area contributed by atoms with Gasteiger partial charge in [0.15, 0.2) is 0 Å². The van der Waals surface area contributed by atoms with E-state index in [1.807, 2.05) is 71.6 Å². The van der Waals surface area contributed by atoms with Crippen molar-refractivity contribution in [3.8, 4) is 16.9 Å². The molecule has 2 amide bonds. The van der Waals surface area contributed by atoms with Crippen LogP contribution < -0.4 is 15.2 Å². The summed E-state index contributed by atoms with van der Waals surface area (Å²) in [6.07, 6.45) is 12.0. The standard InChI is InChI=1S/C44H52N4O5S/c1-53-41-16-11-35(12-17-41)15-20-43(49)48(31-36-13-18-42(19-14-36)54(45,51)52)32-37-7-3-8-38(29-37)39-9-4-10-40(30-39)44(50)47-27-23-34(24-28-47)6-2-5-33-21-25-46-26-22-33/h3-4,7-20,29-30,33-34,46H,2,5-6,21-28,31-32H2,1H3,(H2,45,51,52). The Labute approximate surface area is 320 Å². The summed E-state index contributed by atoms with van der Waals surface area (Å²) in [7, 11) is -2.23. The maximum absolute atomic E-state index is 13.7. The van der Waals surface area contributed by atoms with Gasteiger partial charge in [0.25, 0.3) is 5.91 Å². The summed E-state index contributed by atoms with van der Waals surface area (Å²) in [4.78, 5) is 31.1. The molecule has 0 bridgehead atoms. The van der Waals surface area contributed by atoms with Crippen molar-refractivity contribution in [1.82, 2.24) is 15.1 Å². The lowest BCUT2D eigenvalue weighted by molar-refractivity contribution is -0.127. The average Bonchev–Trinajstić information content (AvgIpc) is 3.20. The fourth-order valence-corrected chi connectivity index (χ4v) is 8.09. The fraction of sp³-hybridized carbons (Fsp3) is 0.364. The highest BCUT2D eigenvalue weighted by Crippen LogP contribution is 2.28. The summed E-state index contributed by atoms with van der Waals surface area (Å²) in [5.74, 6) is 2.18. The minimum Gasteiger partial charge on any atom is -0.497 e. The number of nitrogens with zero attached hydrogens (tertiary/aromatic N) is 2. The maximum atomic E-state index is 13.7. The van der Waals surface area contributed by atoms with Crippen LogP contribution in [0, 0.1) is 11.8 Å². The van der Waals surface area contributed by atoms with Crippen LogP contribution in [0.15, 0.2) is 108 Å². The molecule has 2 aliphatic heterocycles. The Morgan fingerprint density at radius 1 is 0.815 bits per heavy atom. The summed E-state index contributed by atoms with van der Waals surface area (Å²) in [6.45, 7) is 4.48. The number of carbonyl (C=O) groups is 2. The van der Waals surface area contributed by atoms with Crippen LogP contribution in [0.4, 0.5) is 0 Å². The molecule has 2 saturated heterocycles. The zero-order chi connectivity index (χ0) is 37.9. The van der Waals surface area contributed by atoms with Gasteiger partial charge in [-0.3, -0.25) is 9.59 Å². The van der Waals surface area contributed by atoms with Crippen molar-refractivity contribution >= 4 is 27.9 Å². The number of hydrogen-bond donors (Lipinski definition) is 2. The lowest BCUT2D eigenvalue weighted by Gasteiger charge is -2.32. The third-order valence-corrected chi connectivity index (χ3v) is 11.7. The van der Waals surface area contributed by atoms with Crippen LogP contribution in [0.5, 0.6) is 5.75 Å². The number of amides is 2. The molecule has 4 aromatic carbocycles. The monoisotopic (exact) mass is 748 g/mol. The van der Waals surface area contributed by atoms with Crippen LogP contribution >= 0.6 is 0 Å². The van der Waals surface area contributed by atoms with Crippen molar-refractivity contribution in [2.24, 2.45) is 17.0 Å². The van der Waals surface area contributed by atoms with Crippen molar-refractivity contribution in [2.75, 3.05) is 33.3 Å². The summed E-state index contributed by atoms with van der Waals surface area (Å²) in [5.41, 5.74) is 5.10. The molecule has 0 spiro atoms. The van der Waals surface area contributed by atoms with Crippen LogP contribution in [-0.2, 0) is 27.9 Å². The van der Waals surface area contributed by atoms with Gasteiger partial charge in [0.1, 0.15) is 5.75 Å². The Bertz CT molecular complexity index is 2000. The molecule has 4 aromatic rings. The first-order valence-electron chi connectivity index (χ1n) is 19.1. The number of likely N-dealkylation sites (tertiary alicyclic amines) is 1. The molecule has 2 heterocycles. The third-order valence-electron chi connectivity index (χ3n) is 10.8. The first-order valence-corrected chi connectivity index (χ1v) is 20.6. The second-order valence-corrected chi connectivity index (χ2v) is 16.2. The lowest BCUT2D eigenvalue weighted by Crippen LogP contribution is -2.38. The Kier molecular flexibility index (Phi) is 13.4. The predicted molar refractivity (Wildman–Crippen MR) is 214 cm³/mol. The minimum absolute atomic E-state index is 0.0137. The molecule has 2 aliphatic rings. The molecular weight excluding hydrogens is 697 g/mol. The Morgan fingerprint density at radius 2 is 1.44 bits per heavy atom. The molecular formula is C44H52N4O5S. The van der Waals surface area contributed by atoms with E-state index in [0.29, 0.717) is 18.0 Å². The van der Waals surface area contributed by atoms with E-state index >= 15 is 0 Å². The predicted octanol–water partition coefficient (Wildman–Crippen LogP) is 7.27. The summed E-state index contributed by atoms with van der Waals surface area (Å²) >= 11 is 0. The molecule has 284 valence electrons. The number of nitrogens with one attached hydrogen (secondary N) is 1. The molecule has 6 rings (SSSR count). The summed E-state index contributed by atoms with van der Waals surface area (Å²) < 4.78 is 28.9. The normalized spacial score (nSPS) is 15.7. The second-order valence-electron chi connectivity index (χ2n) is 14.6. The molecule has 0 atom stereocenters. The van der Waals surface area contributed by atoms with Gasteiger partial charge in [0.05, 0.1) is 12.0 Å². The molecule has 0 aromatic heterocycles. The van der Waals surface area contributed by atoms with Crippen LogP contribution in [0.2, 0.25) is 0 Å². The van der Waals surface area contributed by atoms with Gasteiger partial charge in [-0.05, 0) is 127 Å². The van der Waals surface area contributed by atoms with E-state index < -0.39 is 10.0 Å². The maximum Gasteiger partial charge on any atom is 0.253 e. The molecule has 3 N–H and O–H groups in total. The Balaban J connectivity index is 1.12. The van der Waals surface area contributed by atoms with Crippen LogP contribution in [0.1, 0.15) is 72.0 Å². The van der Waals surface area contributed by atoms with Gasteiger partial charge in [-0.15, -0.1) is 0 Å². The van der Waals surface area contributed by atoms with E-state index in [1.165, 1.54) is 50.3 Å². The number of benzene rings is 4. The van der Waals surface area contributed by atoms with Crippen molar-refractivity contribution in [2.45, 2.75) is 62.9 Å². The fourth-order valence-electron chi connectivity index (χ4n) is 7.58. The SMILES string of the molecule is COc1ccc(C=CC(=O)N(Cc2ccc(S(N)(=O)=O)cc2)Cc2cccc(-c3cccc(C(=O)N4CCC(CCCC5CCNCC5)CC4)c3)c2)cc1. The van der Waals surface area contributed by atoms with E-state index in [9.17, 15) is 18.0 Å². The van der Waals surface area contributed by atoms with Crippen LogP contribution in [0.3, 0.4) is 0 Å². The largest absolute Gasteiger partial charge is 0.497 e. The number of piperidine rings is 2. The number of rotatable bonds is 14. The van der Waals surface area contributed by atoms with Crippen molar-refractivity contribution in [3.05, 3.63) is 125 Å². The third kappa shape index (κ3) is 10.9. The molecule has 0 aliphatic carbocycles. The van der Waals surface area contributed by atoms with E-state index in [0.717, 1.165) is 78.5 Å². The molecule has 54 heavy (non-hydrogen) atoms. The molecule has 2 fully saturated rings. The number of primary sulfonamides is 1. The lowest BCUT2D eigenvalue weighted by atomic mass is 9.87. The highest BCUT2D eigenvalue weighted by molar-refractivity contribution is 7.89. The first-order chi connectivity index (χ1) is 26.1. The highest BCUT2D eigenvalue weighted by atomic mass is 32.2. The van der Waals surface area contributed by atoms with Crippen molar-refractivity contribution in [1.29, 1.82) is 0 Å². The van der Waals surface area contributed by atoms with Crippen molar-refractivity contribution in [3.63, 3.8) is 0 Å². The smallest absolute Gasteiger partial charge is 0.253 e. The van der Waals surface area contributed by atoms with Gasteiger partial charge in [-0.2, -0.15) is 0 Å². The average molecular weight is 749 g/mol. The number of sulfonamides is 1. The van der Waals surface area contributed by atoms with Crippen molar-refractivity contribution < 1.29 is 22.7 Å². The Hall–Kier alpha value is -4.77. The Morgan fingerprint density at radius 3 is 2.11 bits per heavy atom. The van der Waals surface area contributed by atoms with Crippen LogP contribution in [-0.4, -0.2) is 63.3 Å². The quantitative estimate of drug-likeness (QED) is 0.131. The molecule has 0 saturated carbocycles. The van der Waals surface area contributed by atoms with E-state index in [4.69, 9.17) is 9.88 Å². The van der Waals surface area contributed by atoms with Gasteiger partial charge < -0.3 is 19.9 Å². The molecule has 9 nitrogen and oxygen atoms in total. The summed E-state index contributed by atoms with van der Waals surface area (Å²) in [5, 5.41) is 8.77. The van der Waals surface area contributed by atoms with Gasteiger partial charge in [-0.1, -0.05) is 73.9 Å². The van der Waals surface area contributed by atoms with Gasteiger partial charge in [0.2, 0.25) is 15.9 Å². The topological polar surface area (TPSA) is 122 Å². The molecule has 10 heteroatoms. The number of carbonyl (C=O) groups excluding carboxylic acids is 2. The number of nitrogens with two attached hydrogens (primary N) is 1. The second kappa shape index (κ2) is 18.5. The minimum atomic E-state index is -3.84.